The molecule has 0 aliphatic heterocycles. The Kier molecular flexibility index (Phi) is 8.97. The fourth-order valence-electron chi connectivity index (χ4n) is 3.14. The van der Waals surface area contributed by atoms with E-state index in [1.54, 1.807) is 6.20 Å². The smallest absolute Gasteiger partial charge is 0.302 e. The van der Waals surface area contributed by atoms with Gasteiger partial charge in [0.2, 0.25) is 11.6 Å². The van der Waals surface area contributed by atoms with Gasteiger partial charge in [-0.3, -0.25) is 4.79 Å². The molecule has 0 spiro atoms. The Hall–Kier alpha value is -1.88. The summed E-state index contributed by atoms with van der Waals surface area (Å²) >= 11 is 6.02. The molecule has 1 aromatic rings. The average molecular weight is 410 g/mol. The van der Waals surface area contributed by atoms with Crippen LogP contribution in [0.3, 0.4) is 0 Å². The number of carbonyl (C=O) groups excluding carboxylic acids is 1. The Morgan fingerprint density at radius 3 is 2.57 bits per heavy atom. The highest BCUT2D eigenvalue weighted by Crippen LogP contribution is 2.32. The largest absolute Gasteiger partial charge is 0.463 e. The van der Waals surface area contributed by atoms with Gasteiger partial charge in [0.15, 0.2) is 0 Å². The van der Waals surface area contributed by atoms with Crippen molar-refractivity contribution in [3.05, 3.63) is 17.0 Å². The van der Waals surface area contributed by atoms with E-state index in [2.05, 4.69) is 27.1 Å². The number of rotatable bonds is 8. The van der Waals surface area contributed by atoms with Crippen molar-refractivity contribution in [2.24, 2.45) is 0 Å². The predicted molar refractivity (Wildman–Crippen MR) is 107 cm³/mol. The van der Waals surface area contributed by atoms with Crippen molar-refractivity contribution in [3.8, 4) is 11.8 Å². The number of carbonyl (C=O) groups is 1. The maximum Gasteiger partial charge on any atom is 0.302 e. The van der Waals surface area contributed by atoms with E-state index >= 15 is 0 Å². The van der Waals surface area contributed by atoms with Gasteiger partial charge in [-0.1, -0.05) is 25.2 Å². The van der Waals surface area contributed by atoms with E-state index in [9.17, 15) is 4.79 Å². The van der Waals surface area contributed by atoms with E-state index in [0.717, 1.165) is 32.1 Å². The summed E-state index contributed by atoms with van der Waals surface area (Å²) in [7, 11) is 0. The summed E-state index contributed by atoms with van der Waals surface area (Å²) in [6, 6.07) is 0. The molecular weight excluding hydrogens is 382 g/mol. The predicted octanol–water partition coefficient (Wildman–Crippen LogP) is 3.56. The van der Waals surface area contributed by atoms with Gasteiger partial charge in [-0.25, -0.2) is 4.98 Å². The number of esters is 1. The Balaban J connectivity index is 2.28. The number of aromatic nitrogens is 2. The lowest BCUT2D eigenvalue weighted by molar-refractivity contribution is -0.142. The number of hydrogen-bond donors (Lipinski definition) is 1. The quantitative estimate of drug-likeness (QED) is 0.304. The first-order valence-corrected chi connectivity index (χ1v) is 10.0. The van der Waals surface area contributed by atoms with Crippen LogP contribution in [0.1, 0.15) is 58.4 Å². The number of nitrogens with one attached hydrogen (secondary N) is 1. The van der Waals surface area contributed by atoms with Crippen molar-refractivity contribution in [1.29, 1.82) is 0 Å². The van der Waals surface area contributed by atoms with E-state index in [-0.39, 0.29) is 17.9 Å². The molecule has 0 atom stereocenters. The van der Waals surface area contributed by atoms with Crippen LogP contribution in [0.4, 0.5) is 5.82 Å². The van der Waals surface area contributed by atoms with E-state index in [4.69, 9.17) is 25.8 Å². The molecule has 154 valence electrons. The molecule has 0 saturated heterocycles. The second-order valence-corrected chi connectivity index (χ2v) is 7.00. The minimum absolute atomic E-state index is 0.123. The fraction of sp³-hybridized carbons (Fsp3) is 0.650. The zero-order chi connectivity index (χ0) is 20.4. The van der Waals surface area contributed by atoms with Gasteiger partial charge in [0.05, 0.1) is 11.1 Å². The fourth-order valence-corrected chi connectivity index (χ4v) is 3.28. The van der Waals surface area contributed by atoms with Crippen LogP contribution in [0.25, 0.3) is 0 Å². The van der Waals surface area contributed by atoms with Crippen molar-refractivity contribution in [1.82, 2.24) is 9.97 Å². The number of nitrogens with zero attached hydrogens (tertiary/aromatic N) is 2. The second kappa shape index (κ2) is 11.2. The number of halogens is 1. The van der Waals surface area contributed by atoms with Gasteiger partial charge in [-0.15, -0.1) is 0 Å². The molecule has 1 heterocycles. The Bertz CT molecular complexity index is 705. The molecule has 2 rings (SSSR count). The SMILES string of the molecule is CCOC(C#Cc1cnc(Cl)nc1NC1(COC(C)=O)CCCCC1)OCC. The average Bonchev–Trinajstić information content (AvgIpc) is 2.67. The molecule has 0 radical (unpaired) electrons. The molecule has 1 aliphatic rings. The van der Waals surface area contributed by atoms with Crippen molar-refractivity contribution in [2.45, 2.75) is 64.7 Å². The number of anilines is 1. The summed E-state index contributed by atoms with van der Waals surface area (Å²) in [6.45, 7) is 6.44. The first-order chi connectivity index (χ1) is 13.5. The molecule has 1 aromatic heterocycles. The molecule has 1 saturated carbocycles. The van der Waals surface area contributed by atoms with Crippen molar-refractivity contribution in [3.63, 3.8) is 0 Å². The third-order valence-corrected chi connectivity index (χ3v) is 4.65. The zero-order valence-electron chi connectivity index (χ0n) is 16.7. The normalized spacial score (nSPS) is 15.6. The van der Waals surface area contributed by atoms with Gasteiger partial charge in [-0.2, -0.15) is 4.98 Å². The lowest BCUT2D eigenvalue weighted by Crippen LogP contribution is -2.45. The van der Waals surface area contributed by atoms with Gasteiger partial charge in [0.25, 0.3) is 0 Å². The molecular formula is C20H28ClN3O4. The minimum Gasteiger partial charge on any atom is -0.463 e. The zero-order valence-corrected chi connectivity index (χ0v) is 17.5. The van der Waals surface area contributed by atoms with Gasteiger partial charge < -0.3 is 19.5 Å². The summed E-state index contributed by atoms with van der Waals surface area (Å²) in [4.78, 5) is 19.7. The molecule has 1 aliphatic carbocycles. The third kappa shape index (κ3) is 6.93. The minimum atomic E-state index is -0.622. The van der Waals surface area contributed by atoms with Gasteiger partial charge in [-0.05, 0) is 44.2 Å². The molecule has 1 fully saturated rings. The van der Waals surface area contributed by atoms with E-state index in [0.29, 0.717) is 24.6 Å². The lowest BCUT2D eigenvalue weighted by Gasteiger charge is -2.38. The summed E-state index contributed by atoms with van der Waals surface area (Å²) in [5.74, 6) is 6.20. The van der Waals surface area contributed by atoms with E-state index in [1.165, 1.54) is 6.92 Å². The first-order valence-electron chi connectivity index (χ1n) is 9.67. The van der Waals surface area contributed by atoms with Crippen LogP contribution in [0, 0.1) is 11.8 Å². The summed E-state index contributed by atoms with van der Waals surface area (Å²) in [6.07, 6.45) is 5.94. The van der Waals surface area contributed by atoms with Gasteiger partial charge in [0.1, 0.15) is 12.4 Å². The highest BCUT2D eigenvalue weighted by Gasteiger charge is 2.34. The Labute approximate surface area is 171 Å². The van der Waals surface area contributed by atoms with Crippen molar-refractivity contribution >= 4 is 23.4 Å². The summed E-state index contributed by atoms with van der Waals surface area (Å²) in [5.41, 5.74) is 0.193. The maximum atomic E-state index is 11.4. The summed E-state index contributed by atoms with van der Waals surface area (Å²) < 4.78 is 16.3. The molecule has 0 unspecified atom stereocenters. The highest BCUT2D eigenvalue weighted by molar-refractivity contribution is 6.28. The Morgan fingerprint density at radius 1 is 1.29 bits per heavy atom. The lowest BCUT2D eigenvalue weighted by atomic mass is 9.82. The second-order valence-electron chi connectivity index (χ2n) is 6.66. The standard InChI is InChI=1S/C20H28ClN3O4/c1-4-26-17(27-5-2)10-9-16-13-22-19(21)23-18(16)24-20(14-28-15(3)25)11-7-6-8-12-20/h13,17H,4-8,11-12,14H2,1-3H3,(H,22,23,24). The van der Waals surface area contributed by atoms with Crippen LogP contribution in [0.15, 0.2) is 6.20 Å². The van der Waals surface area contributed by atoms with E-state index < -0.39 is 11.8 Å². The van der Waals surface area contributed by atoms with Crippen LogP contribution in [-0.2, 0) is 19.0 Å². The molecule has 0 aromatic carbocycles. The highest BCUT2D eigenvalue weighted by atomic mass is 35.5. The monoisotopic (exact) mass is 409 g/mol. The van der Waals surface area contributed by atoms with Crippen LogP contribution < -0.4 is 5.32 Å². The van der Waals surface area contributed by atoms with Gasteiger partial charge >= 0.3 is 5.97 Å². The van der Waals surface area contributed by atoms with Gasteiger partial charge in [0, 0.05) is 26.3 Å². The molecule has 28 heavy (non-hydrogen) atoms. The number of hydrogen-bond acceptors (Lipinski definition) is 7. The van der Waals surface area contributed by atoms with Crippen LogP contribution in [-0.4, -0.2) is 47.6 Å². The van der Waals surface area contributed by atoms with E-state index in [1.807, 2.05) is 13.8 Å². The molecule has 0 amide bonds. The maximum absolute atomic E-state index is 11.4. The van der Waals surface area contributed by atoms with Crippen LogP contribution >= 0.6 is 11.6 Å². The third-order valence-electron chi connectivity index (χ3n) is 4.47. The van der Waals surface area contributed by atoms with Crippen LogP contribution in [0.5, 0.6) is 0 Å². The first kappa shape index (κ1) is 22.4. The molecule has 7 nitrogen and oxygen atoms in total. The van der Waals surface area contributed by atoms with Crippen LogP contribution in [0.2, 0.25) is 5.28 Å². The topological polar surface area (TPSA) is 82.6 Å². The Morgan fingerprint density at radius 2 is 1.96 bits per heavy atom. The summed E-state index contributed by atoms with van der Waals surface area (Å²) in [5, 5.41) is 3.57. The molecule has 1 N–H and O–H groups in total. The van der Waals surface area contributed by atoms with Crippen molar-refractivity contribution < 1.29 is 19.0 Å². The molecule has 0 bridgehead atoms. The molecule has 8 heteroatoms. The van der Waals surface area contributed by atoms with Crippen molar-refractivity contribution in [2.75, 3.05) is 25.1 Å². The number of ether oxygens (including phenoxy) is 3.